The molecule has 3 heterocycles. The summed E-state index contributed by atoms with van der Waals surface area (Å²) in [5, 5.41) is 0.0500. The van der Waals surface area contributed by atoms with Gasteiger partial charge in [0.05, 0.1) is 22.0 Å². The molecule has 3 aromatic rings. The molecule has 1 aliphatic heterocycles. The van der Waals surface area contributed by atoms with Crippen molar-refractivity contribution in [3.63, 3.8) is 0 Å². The van der Waals surface area contributed by atoms with Crippen LogP contribution in [0.25, 0.3) is 22.4 Å². The van der Waals surface area contributed by atoms with E-state index in [4.69, 9.17) is 23.1 Å². The van der Waals surface area contributed by atoms with E-state index in [0.29, 0.717) is 49.0 Å². The molecule has 0 bridgehead atoms. The number of nitrogens with zero attached hydrogens (tertiary/aromatic N) is 4. The molecule has 4 rings (SSSR count). The van der Waals surface area contributed by atoms with Crippen molar-refractivity contribution < 1.29 is 9.18 Å². The Labute approximate surface area is 197 Å². The van der Waals surface area contributed by atoms with Crippen molar-refractivity contribution in [1.29, 1.82) is 0 Å². The summed E-state index contributed by atoms with van der Waals surface area (Å²) in [6.45, 7) is 3.65. The summed E-state index contributed by atoms with van der Waals surface area (Å²) >= 11 is 6.47. The third-order valence-electron chi connectivity index (χ3n) is 6.10. The molecule has 1 amide bonds. The zero-order valence-electron chi connectivity index (χ0n) is 18.4. The molecule has 1 saturated heterocycles. The highest BCUT2D eigenvalue weighted by atomic mass is 35.5. The van der Waals surface area contributed by atoms with E-state index in [1.807, 2.05) is 13.0 Å². The van der Waals surface area contributed by atoms with Gasteiger partial charge in [-0.05, 0) is 56.0 Å². The van der Waals surface area contributed by atoms with E-state index < -0.39 is 11.7 Å². The van der Waals surface area contributed by atoms with Crippen LogP contribution in [-0.4, -0.2) is 45.4 Å². The summed E-state index contributed by atoms with van der Waals surface area (Å²) in [4.78, 5) is 27.6. The highest BCUT2D eigenvalue weighted by molar-refractivity contribution is 6.34. The number of hydrogen-bond acceptors (Lipinski definition) is 6. The van der Waals surface area contributed by atoms with Crippen LogP contribution < -0.4 is 11.5 Å². The summed E-state index contributed by atoms with van der Waals surface area (Å²) in [5.74, 6) is -0.299. The number of likely N-dealkylation sites (tertiary alicyclic amines) is 1. The normalized spacial score (nSPS) is 14.5. The van der Waals surface area contributed by atoms with Gasteiger partial charge in [0.1, 0.15) is 18.0 Å². The van der Waals surface area contributed by atoms with Crippen molar-refractivity contribution in [1.82, 2.24) is 19.9 Å². The number of rotatable bonds is 5. The number of pyridine rings is 1. The first-order valence-electron chi connectivity index (χ1n) is 11.0. The van der Waals surface area contributed by atoms with Crippen LogP contribution in [0.2, 0.25) is 5.02 Å². The molecule has 0 unspecified atom stereocenters. The monoisotopic (exact) mass is 468 g/mol. The lowest BCUT2D eigenvalue weighted by Crippen LogP contribution is -2.40. The van der Waals surface area contributed by atoms with Gasteiger partial charge in [-0.15, -0.1) is 0 Å². The zero-order chi connectivity index (χ0) is 23.5. The number of nitrogen functional groups attached to an aromatic ring is 1. The highest BCUT2D eigenvalue weighted by Gasteiger charge is 2.27. The number of benzene rings is 1. The molecule has 0 aliphatic carbocycles. The van der Waals surface area contributed by atoms with E-state index in [0.717, 1.165) is 29.7 Å². The molecule has 1 aliphatic rings. The van der Waals surface area contributed by atoms with Crippen LogP contribution in [0.15, 0.2) is 36.8 Å². The van der Waals surface area contributed by atoms with Crippen molar-refractivity contribution in [2.45, 2.75) is 26.2 Å². The molecule has 1 fully saturated rings. The van der Waals surface area contributed by atoms with Crippen molar-refractivity contribution in [2.24, 2.45) is 11.7 Å². The molecule has 172 valence electrons. The number of carbonyl (C=O) groups excluding carboxylic acids is 1. The van der Waals surface area contributed by atoms with Gasteiger partial charge in [-0.1, -0.05) is 18.5 Å². The maximum absolute atomic E-state index is 15.3. The average Bonchev–Trinajstić information content (AvgIpc) is 2.83. The van der Waals surface area contributed by atoms with Crippen molar-refractivity contribution in [2.75, 3.05) is 25.4 Å². The number of aryl methyl sites for hydroxylation is 1. The molecule has 0 spiro atoms. The lowest BCUT2D eigenvalue weighted by atomic mass is 9.95. The molecule has 1 aromatic carbocycles. The van der Waals surface area contributed by atoms with E-state index in [1.165, 1.54) is 12.4 Å². The molecule has 0 radical (unpaired) electrons. The Hall–Kier alpha value is -3.10. The fourth-order valence-electron chi connectivity index (χ4n) is 4.21. The number of anilines is 1. The topological polar surface area (TPSA) is 111 Å². The summed E-state index contributed by atoms with van der Waals surface area (Å²) < 4.78 is 15.3. The maximum Gasteiger partial charge on any atom is 0.258 e. The first kappa shape index (κ1) is 23.1. The number of nitrogens with two attached hydrogens (primary N) is 2. The predicted molar refractivity (Wildman–Crippen MR) is 127 cm³/mol. The van der Waals surface area contributed by atoms with Crippen molar-refractivity contribution >= 4 is 23.3 Å². The minimum atomic E-state index is -0.679. The first-order chi connectivity index (χ1) is 15.9. The number of amides is 1. The molecule has 9 heteroatoms. The SMILES string of the molecule is CCc1ncnc(-c2cc(F)c(C(=O)N3CCC(CN)CC3)c(Cl)c2)c1-c1ccc(N)nc1. The lowest BCUT2D eigenvalue weighted by Gasteiger charge is -2.31. The van der Waals surface area contributed by atoms with E-state index in [9.17, 15) is 4.79 Å². The van der Waals surface area contributed by atoms with Gasteiger partial charge in [-0.2, -0.15) is 0 Å². The Morgan fingerprint density at radius 1 is 1.18 bits per heavy atom. The number of piperidine rings is 1. The third kappa shape index (κ3) is 4.67. The maximum atomic E-state index is 15.3. The van der Waals surface area contributed by atoms with Gasteiger partial charge >= 0.3 is 0 Å². The quantitative estimate of drug-likeness (QED) is 0.586. The summed E-state index contributed by atoms with van der Waals surface area (Å²) in [5.41, 5.74) is 14.6. The average molecular weight is 469 g/mol. The summed E-state index contributed by atoms with van der Waals surface area (Å²) in [7, 11) is 0. The second kappa shape index (κ2) is 9.80. The minimum Gasteiger partial charge on any atom is -0.384 e. The van der Waals surface area contributed by atoms with Gasteiger partial charge in [0, 0.05) is 36.0 Å². The van der Waals surface area contributed by atoms with E-state index in [-0.39, 0.29) is 10.6 Å². The van der Waals surface area contributed by atoms with Crippen LogP contribution in [0, 0.1) is 11.7 Å². The van der Waals surface area contributed by atoms with Gasteiger partial charge < -0.3 is 16.4 Å². The highest BCUT2D eigenvalue weighted by Crippen LogP contribution is 2.36. The Kier molecular flexibility index (Phi) is 6.85. The number of aromatic nitrogens is 3. The van der Waals surface area contributed by atoms with Crippen LogP contribution in [0.5, 0.6) is 0 Å². The molecule has 0 saturated carbocycles. The number of carbonyl (C=O) groups is 1. The third-order valence-corrected chi connectivity index (χ3v) is 6.40. The van der Waals surface area contributed by atoms with Crippen molar-refractivity contribution in [3.05, 3.63) is 58.9 Å². The van der Waals surface area contributed by atoms with E-state index >= 15 is 4.39 Å². The zero-order valence-corrected chi connectivity index (χ0v) is 19.1. The number of hydrogen-bond donors (Lipinski definition) is 2. The molecular weight excluding hydrogens is 443 g/mol. The molecule has 4 N–H and O–H groups in total. The molecule has 0 atom stereocenters. The van der Waals surface area contributed by atoms with Gasteiger partial charge in [0.15, 0.2) is 0 Å². The number of halogens is 2. The fourth-order valence-corrected chi connectivity index (χ4v) is 4.50. The van der Waals surface area contributed by atoms with Gasteiger partial charge in [0.25, 0.3) is 5.91 Å². The van der Waals surface area contributed by atoms with Crippen LogP contribution in [-0.2, 0) is 6.42 Å². The Morgan fingerprint density at radius 2 is 1.94 bits per heavy atom. The van der Waals surface area contributed by atoms with Crippen LogP contribution in [0.1, 0.15) is 35.8 Å². The van der Waals surface area contributed by atoms with Crippen LogP contribution in [0.4, 0.5) is 10.2 Å². The fraction of sp³-hybridized carbons (Fsp3) is 0.333. The largest absolute Gasteiger partial charge is 0.384 e. The standard InChI is InChI=1S/C24H26ClFN6O/c1-2-19-21(15-3-4-20(28)29-12-15)23(31-13-30-19)16-9-17(25)22(18(26)10-16)24(33)32-7-5-14(11-27)6-8-32/h3-4,9-10,12-14H,2,5-8,11,27H2,1H3,(H2,28,29). The van der Waals surface area contributed by atoms with Crippen LogP contribution in [0.3, 0.4) is 0 Å². The lowest BCUT2D eigenvalue weighted by molar-refractivity contribution is 0.0689. The molecule has 33 heavy (non-hydrogen) atoms. The van der Waals surface area contributed by atoms with Gasteiger partial charge in [-0.3, -0.25) is 4.79 Å². The molecular formula is C24H26ClFN6O. The van der Waals surface area contributed by atoms with Crippen molar-refractivity contribution in [3.8, 4) is 22.4 Å². The van der Waals surface area contributed by atoms with Gasteiger partial charge in [-0.25, -0.2) is 19.3 Å². The first-order valence-corrected chi connectivity index (χ1v) is 11.3. The van der Waals surface area contributed by atoms with E-state index in [1.54, 1.807) is 23.2 Å². The molecule has 2 aromatic heterocycles. The Balaban J connectivity index is 1.73. The molecule has 7 nitrogen and oxygen atoms in total. The second-order valence-electron chi connectivity index (χ2n) is 8.16. The van der Waals surface area contributed by atoms with Gasteiger partial charge in [0.2, 0.25) is 0 Å². The second-order valence-corrected chi connectivity index (χ2v) is 8.56. The summed E-state index contributed by atoms with van der Waals surface area (Å²) in [6.07, 6.45) is 5.33. The van der Waals surface area contributed by atoms with E-state index in [2.05, 4.69) is 15.0 Å². The smallest absolute Gasteiger partial charge is 0.258 e. The minimum absolute atomic E-state index is 0.0500. The van der Waals surface area contributed by atoms with Crippen LogP contribution >= 0.6 is 11.6 Å². The Morgan fingerprint density at radius 3 is 2.55 bits per heavy atom. The summed E-state index contributed by atoms with van der Waals surface area (Å²) in [6, 6.07) is 6.40. The predicted octanol–water partition coefficient (Wildman–Crippen LogP) is 3.95. The Bertz CT molecular complexity index is 1140.